The van der Waals surface area contributed by atoms with Crippen LogP contribution in [0.2, 0.25) is 0 Å². The highest BCUT2D eigenvalue weighted by Gasteiger charge is 2.18. The van der Waals surface area contributed by atoms with E-state index in [2.05, 4.69) is 4.98 Å². The predicted octanol–water partition coefficient (Wildman–Crippen LogP) is 3.99. The molecule has 1 aromatic carbocycles. The molecule has 3 rings (SSSR count). The number of rotatable bonds is 3. The Balaban J connectivity index is 1.84. The fraction of sp³-hybridized carbons (Fsp3) is 0.125. The third-order valence-electron chi connectivity index (χ3n) is 3.14. The van der Waals surface area contributed by atoms with E-state index < -0.39 is 0 Å². The van der Waals surface area contributed by atoms with Gasteiger partial charge in [0.1, 0.15) is 5.69 Å². The van der Waals surface area contributed by atoms with E-state index >= 15 is 0 Å². The molecule has 0 radical (unpaired) electrons. The predicted molar refractivity (Wildman–Crippen MR) is 83.7 cm³/mol. The number of hydrogen-bond acceptors (Lipinski definition) is 4. The van der Waals surface area contributed by atoms with Gasteiger partial charge in [0, 0.05) is 18.1 Å². The summed E-state index contributed by atoms with van der Waals surface area (Å²) in [7, 11) is 1.73. The molecule has 2 aromatic heterocycles. The number of nitrogens with zero attached hydrogens (tertiary/aromatic N) is 2. The van der Waals surface area contributed by atoms with Gasteiger partial charge in [0.25, 0.3) is 5.91 Å². The first kappa shape index (κ1) is 13.6. The summed E-state index contributed by atoms with van der Waals surface area (Å²) in [6.07, 6.45) is 0. The lowest BCUT2D eigenvalue weighted by atomic mass is 10.3. The second-order valence-corrected chi connectivity index (χ2v) is 5.68. The van der Waals surface area contributed by atoms with Gasteiger partial charge >= 0.3 is 0 Å². The average molecular weight is 298 g/mol. The Morgan fingerprint density at radius 2 is 1.95 bits per heavy atom. The van der Waals surface area contributed by atoms with Crippen LogP contribution in [0.3, 0.4) is 0 Å². The lowest BCUT2D eigenvalue weighted by Gasteiger charge is -2.15. The third-order valence-corrected chi connectivity index (χ3v) is 3.91. The largest absolute Gasteiger partial charge is 0.449 e. The van der Waals surface area contributed by atoms with Gasteiger partial charge < -0.3 is 9.32 Å². The van der Waals surface area contributed by atoms with Crippen LogP contribution in [-0.2, 0) is 0 Å². The Hall–Kier alpha value is -2.40. The molecule has 0 bridgehead atoms. The van der Waals surface area contributed by atoms with E-state index in [-0.39, 0.29) is 5.91 Å². The summed E-state index contributed by atoms with van der Waals surface area (Å²) in [5, 5.41) is 2.89. The molecule has 0 saturated carbocycles. The molecular formula is C16H14N2O2S. The highest BCUT2D eigenvalue weighted by Crippen LogP contribution is 2.25. The first-order valence-electron chi connectivity index (χ1n) is 6.50. The van der Waals surface area contributed by atoms with Crippen molar-refractivity contribution in [1.82, 2.24) is 4.98 Å². The summed E-state index contributed by atoms with van der Waals surface area (Å²) >= 11 is 1.55. The van der Waals surface area contributed by atoms with Crippen LogP contribution in [0.25, 0.3) is 11.5 Å². The Bertz CT molecular complexity index is 761. The van der Waals surface area contributed by atoms with Gasteiger partial charge in [-0.1, -0.05) is 18.2 Å². The summed E-state index contributed by atoms with van der Waals surface area (Å²) in [4.78, 5) is 18.3. The summed E-state index contributed by atoms with van der Waals surface area (Å²) in [5.41, 5.74) is 1.59. The molecule has 21 heavy (non-hydrogen) atoms. The number of carbonyl (C=O) groups excluding carboxylic acids is 1. The van der Waals surface area contributed by atoms with Crippen molar-refractivity contribution in [3.05, 3.63) is 58.6 Å². The summed E-state index contributed by atoms with van der Waals surface area (Å²) in [5.74, 6) is 0.741. The van der Waals surface area contributed by atoms with Crippen molar-refractivity contribution in [1.29, 1.82) is 0 Å². The van der Waals surface area contributed by atoms with Crippen LogP contribution < -0.4 is 4.90 Å². The van der Waals surface area contributed by atoms with E-state index in [0.717, 1.165) is 16.4 Å². The van der Waals surface area contributed by atoms with Crippen molar-refractivity contribution in [2.75, 3.05) is 11.9 Å². The maximum Gasteiger partial charge on any atom is 0.293 e. The lowest BCUT2D eigenvalue weighted by molar-refractivity contribution is 0.0967. The minimum Gasteiger partial charge on any atom is -0.449 e. The molecule has 0 atom stereocenters. The zero-order valence-corrected chi connectivity index (χ0v) is 12.6. The van der Waals surface area contributed by atoms with E-state index in [1.165, 1.54) is 0 Å². The second kappa shape index (κ2) is 5.54. The summed E-state index contributed by atoms with van der Waals surface area (Å²) < 4.78 is 5.64. The van der Waals surface area contributed by atoms with Crippen molar-refractivity contribution in [2.24, 2.45) is 0 Å². The zero-order valence-electron chi connectivity index (χ0n) is 11.7. The Kier molecular flexibility index (Phi) is 3.58. The van der Waals surface area contributed by atoms with Gasteiger partial charge in [0.05, 0.1) is 5.01 Å². The molecule has 4 nitrogen and oxygen atoms in total. The topological polar surface area (TPSA) is 46.3 Å². The lowest BCUT2D eigenvalue weighted by Crippen LogP contribution is -2.25. The van der Waals surface area contributed by atoms with Crippen LogP contribution in [-0.4, -0.2) is 17.9 Å². The molecule has 1 amide bonds. The van der Waals surface area contributed by atoms with E-state index in [4.69, 9.17) is 4.42 Å². The molecule has 0 aliphatic heterocycles. The van der Waals surface area contributed by atoms with Gasteiger partial charge in [-0.3, -0.25) is 4.79 Å². The average Bonchev–Trinajstić information content (AvgIpc) is 3.15. The van der Waals surface area contributed by atoms with Crippen molar-refractivity contribution >= 4 is 22.9 Å². The number of aryl methyl sites for hydroxylation is 1. The van der Waals surface area contributed by atoms with Gasteiger partial charge in [-0.15, -0.1) is 11.3 Å². The number of aromatic nitrogens is 1. The zero-order chi connectivity index (χ0) is 14.8. The maximum atomic E-state index is 12.4. The number of furan rings is 1. The molecule has 0 saturated heterocycles. The molecule has 0 fully saturated rings. The highest BCUT2D eigenvalue weighted by molar-refractivity contribution is 7.09. The number of para-hydroxylation sites is 1. The molecular weight excluding hydrogens is 284 g/mol. The molecule has 3 aromatic rings. The number of benzene rings is 1. The van der Waals surface area contributed by atoms with Gasteiger partial charge in [0.15, 0.2) is 11.5 Å². The molecule has 0 spiro atoms. The standard InChI is InChI=1S/C16H14N2O2S/c1-11-17-13(10-21-11)14-8-9-15(20-14)16(19)18(2)12-6-4-3-5-7-12/h3-10H,1-2H3. The van der Waals surface area contributed by atoms with Gasteiger partial charge in [-0.2, -0.15) is 0 Å². The van der Waals surface area contributed by atoms with Crippen LogP contribution in [0.15, 0.2) is 52.3 Å². The molecule has 106 valence electrons. The Morgan fingerprint density at radius 3 is 2.62 bits per heavy atom. The molecule has 0 unspecified atom stereocenters. The summed E-state index contributed by atoms with van der Waals surface area (Å²) in [6, 6.07) is 12.9. The van der Waals surface area contributed by atoms with Crippen molar-refractivity contribution in [3.63, 3.8) is 0 Å². The molecule has 0 N–H and O–H groups in total. The molecule has 2 heterocycles. The fourth-order valence-corrected chi connectivity index (χ4v) is 2.60. The highest BCUT2D eigenvalue weighted by atomic mass is 32.1. The number of thiazole rings is 1. The fourth-order valence-electron chi connectivity index (χ4n) is 2.00. The SMILES string of the molecule is Cc1nc(-c2ccc(C(=O)N(C)c3ccccc3)o2)cs1. The van der Waals surface area contributed by atoms with Crippen LogP contribution in [0.5, 0.6) is 0 Å². The van der Waals surface area contributed by atoms with E-state index in [1.807, 2.05) is 42.6 Å². The number of anilines is 1. The summed E-state index contributed by atoms with van der Waals surface area (Å²) in [6.45, 7) is 1.94. The van der Waals surface area contributed by atoms with Gasteiger partial charge in [-0.05, 0) is 31.2 Å². The van der Waals surface area contributed by atoms with E-state index in [0.29, 0.717) is 11.5 Å². The van der Waals surface area contributed by atoms with Crippen LogP contribution in [0, 0.1) is 6.92 Å². The second-order valence-electron chi connectivity index (χ2n) is 4.62. The first-order chi connectivity index (χ1) is 10.1. The number of carbonyl (C=O) groups is 1. The van der Waals surface area contributed by atoms with Gasteiger partial charge in [0.2, 0.25) is 0 Å². The van der Waals surface area contributed by atoms with E-state index in [1.54, 1.807) is 35.4 Å². The minimum atomic E-state index is -0.181. The maximum absolute atomic E-state index is 12.4. The van der Waals surface area contributed by atoms with Crippen LogP contribution in [0.1, 0.15) is 15.6 Å². The number of hydrogen-bond donors (Lipinski definition) is 0. The minimum absolute atomic E-state index is 0.181. The molecule has 0 aliphatic rings. The normalized spacial score (nSPS) is 10.6. The molecule has 0 aliphatic carbocycles. The Labute approximate surface area is 126 Å². The van der Waals surface area contributed by atoms with Crippen LogP contribution >= 0.6 is 11.3 Å². The third kappa shape index (κ3) is 2.73. The van der Waals surface area contributed by atoms with E-state index in [9.17, 15) is 4.79 Å². The quantitative estimate of drug-likeness (QED) is 0.734. The monoisotopic (exact) mass is 298 g/mol. The Morgan fingerprint density at radius 1 is 1.19 bits per heavy atom. The van der Waals surface area contributed by atoms with Crippen LogP contribution in [0.4, 0.5) is 5.69 Å². The number of amides is 1. The van der Waals surface area contributed by atoms with Crippen molar-refractivity contribution in [3.8, 4) is 11.5 Å². The first-order valence-corrected chi connectivity index (χ1v) is 7.38. The van der Waals surface area contributed by atoms with Crippen molar-refractivity contribution in [2.45, 2.75) is 6.92 Å². The molecule has 5 heteroatoms. The smallest absolute Gasteiger partial charge is 0.293 e. The van der Waals surface area contributed by atoms with Gasteiger partial charge in [-0.25, -0.2) is 4.98 Å². The van der Waals surface area contributed by atoms with Crippen molar-refractivity contribution < 1.29 is 9.21 Å².